The van der Waals surface area contributed by atoms with Gasteiger partial charge in [0.15, 0.2) is 0 Å². The number of para-hydroxylation sites is 1. The third kappa shape index (κ3) is 2.15. The molecule has 112 valence electrons. The largest absolute Gasteiger partial charge is 0.338 e. The average molecular weight is 306 g/mol. The minimum Gasteiger partial charge on any atom is -0.338 e. The molecule has 0 bridgehead atoms. The van der Waals surface area contributed by atoms with Gasteiger partial charge in [0.25, 0.3) is 11.2 Å². The zero-order chi connectivity index (χ0) is 16.0. The maximum atomic E-state index is 12.3. The summed E-state index contributed by atoms with van der Waals surface area (Å²) in [4.78, 5) is 32.8. The van der Waals surface area contributed by atoms with Gasteiger partial charge in [-0.15, -0.1) is 0 Å². The number of pyridine rings is 1. The highest BCUT2D eigenvalue weighted by atomic mass is 16.6. The molecule has 0 aliphatic rings. The van der Waals surface area contributed by atoms with E-state index in [2.05, 4.69) is 15.0 Å². The number of nitro benzene ring substituents is 1. The predicted molar refractivity (Wildman–Crippen MR) is 86.3 cm³/mol. The molecule has 0 saturated carbocycles. The summed E-state index contributed by atoms with van der Waals surface area (Å²) in [5, 5.41) is 11.7. The molecule has 0 aliphatic carbocycles. The number of non-ortho nitro benzene ring substituents is 1. The van der Waals surface area contributed by atoms with Gasteiger partial charge in [0.1, 0.15) is 5.82 Å². The van der Waals surface area contributed by atoms with E-state index in [-0.39, 0.29) is 11.2 Å². The number of fused-ring (bicyclic) bond motifs is 2. The molecule has 0 saturated heterocycles. The van der Waals surface area contributed by atoms with Crippen molar-refractivity contribution < 1.29 is 4.92 Å². The first kappa shape index (κ1) is 13.2. The van der Waals surface area contributed by atoms with Gasteiger partial charge in [-0.1, -0.05) is 18.2 Å². The SMILES string of the molecule is O=c1[nH]c2ccccc2cc1-c1nc2ccc([N+](=O)[O-])cc2[nH]1. The Morgan fingerprint density at radius 1 is 1.00 bits per heavy atom. The van der Waals surface area contributed by atoms with E-state index >= 15 is 0 Å². The summed E-state index contributed by atoms with van der Waals surface area (Å²) in [5.74, 6) is 0.382. The second kappa shape index (κ2) is 4.77. The molecule has 0 amide bonds. The van der Waals surface area contributed by atoms with Gasteiger partial charge in [0, 0.05) is 17.6 Å². The van der Waals surface area contributed by atoms with Gasteiger partial charge >= 0.3 is 0 Å². The van der Waals surface area contributed by atoms with Crippen molar-refractivity contribution in [3.63, 3.8) is 0 Å². The van der Waals surface area contributed by atoms with Crippen LogP contribution in [0.4, 0.5) is 5.69 Å². The molecular formula is C16H10N4O3. The van der Waals surface area contributed by atoms with Crippen LogP contribution in [0.15, 0.2) is 53.3 Å². The van der Waals surface area contributed by atoms with Crippen molar-refractivity contribution in [2.24, 2.45) is 0 Å². The number of rotatable bonds is 2. The van der Waals surface area contributed by atoms with Gasteiger partial charge in [-0.25, -0.2) is 4.98 Å². The topological polar surface area (TPSA) is 105 Å². The van der Waals surface area contributed by atoms with Crippen molar-refractivity contribution in [2.45, 2.75) is 0 Å². The molecule has 7 nitrogen and oxygen atoms in total. The van der Waals surface area contributed by atoms with Crippen LogP contribution in [0, 0.1) is 10.1 Å². The number of benzene rings is 2. The minimum absolute atomic E-state index is 0.0277. The zero-order valence-corrected chi connectivity index (χ0v) is 11.7. The van der Waals surface area contributed by atoms with Crippen molar-refractivity contribution in [3.8, 4) is 11.4 Å². The lowest BCUT2D eigenvalue weighted by Gasteiger charge is -2.00. The Morgan fingerprint density at radius 3 is 2.65 bits per heavy atom. The third-order valence-electron chi connectivity index (χ3n) is 3.68. The predicted octanol–water partition coefficient (Wildman–Crippen LogP) is 2.98. The summed E-state index contributed by atoms with van der Waals surface area (Å²) >= 11 is 0. The molecule has 0 atom stereocenters. The summed E-state index contributed by atoms with van der Waals surface area (Å²) < 4.78 is 0. The smallest absolute Gasteiger partial charge is 0.271 e. The molecule has 2 N–H and O–H groups in total. The first-order valence-corrected chi connectivity index (χ1v) is 6.88. The lowest BCUT2D eigenvalue weighted by Crippen LogP contribution is -2.09. The molecule has 2 heterocycles. The van der Waals surface area contributed by atoms with Crippen LogP contribution in [-0.2, 0) is 0 Å². The van der Waals surface area contributed by atoms with E-state index in [0.29, 0.717) is 22.4 Å². The van der Waals surface area contributed by atoms with E-state index in [0.717, 1.165) is 10.9 Å². The number of nitrogens with one attached hydrogen (secondary N) is 2. The van der Waals surface area contributed by atoms with Crippen LogP contribution < -0.4 is 5.56 Å². The highest BCUT2D eigenvalue weighted by molar-refractivity contribution is 5.85. The number of hydrogen-bond donors (Lipinski definition) is 2. The van der Waals surface area contributed by atoms with Crippen molar-refractivity contribution >= 4 is 27.6 Å². The molecule has 0 unspecified atom stereocenters. The summed E-state index contributed by atoms with van der Waals surface area (Å²) in [5.41, 5.74) is 1.92. The van der Waals surface area contributed by atoms with Gasteiger partial charge in [0.05, 0.1) is 21.5 Å². The quantitative estimate of drug-likeness (QED) is 0.438. The van der Waals surface area contributed by atoms with E-state index < -0.39 is 4.92 Å². The highest BCUT2D eigenvalue weighted by Crippen LogP contribution is 2.23. The van der Waals surface area contributed by atoms with E-state index in [1.165, 1.54) is 12.1 Å². The molecule has 4 rings (SSSR count). The molecule has 7 heteroatoms. The Kier molecular flexibility index (Phi) is 2.74. The summed E-state index contributed by atoms with van der Waals surface area (Å²) in [6, 6.07) is 13.5. The number of hydrogen-bond acceptors (Lipinski definition) is 4. The maximum Gasteiger partial charge on any atom is 0.271 e. The Balaban J connectivity index is 1.93. The maximum absolute atomic E-state index is 12.3. The fourth-order valence-corrected chi connectivity index (χ4v) is 2.56. The first-order valence-electron chi connectivity index (χ1n) is 6.88. The van der Waals surface area contributed by atoms with Crippen LogP contribution >= 0.6 is 0 Å². The van der Waals surface area contributed by atoms with Crippen LogP contribution in [-0.4, -0.2) is 19.9 Å². The van der Waals surface area contributed by atoms with Gasteiger partial charge in [-0.05, 0) is 23.6 Å². The molecule has 0 spiro atoms. The van der Waals surface area contributed by atoms with Crippen molar-refractivity contribution in [1.29, 1.82) is 0 Å². The van der Waals surface area contributed by atoms with E-state index in [1.54, 1.807) is 12.1 Å². The summed E-state index contributed by atoms with van der Waals surface area (Å²) in [7, 11) is 0. The molecule has 0 radical (unpaired) electrons. The fourth-order valence-electron chi connectivity index (χ4n) is 2.56. The molecule has 2 aromatic carbocycles. The van der Waals surface area contributed by atoms with E-state index in [4.69, 9.17) is 0 Å². The van der Waals surface area contributed by atoms with Crippen molar-refractivity contribution in [3.05, 3.63) is 69.0 Å². The Morgan fingerprint density at radius 2 is 1.83 bits per heavy atom. The van der Waals surface area contributed by atoms with Crippen molar-refractivity contribution in [1.82, 2.24) is 15.0 Å². The monoisotopic (exact) mass is 306 g/mol. The summed E-state index contributed by atoms with van der Waals surface area (Å²) in [6.07, 6.45) is 0. The van der Waals surface area contributed by atoms with Crippen LogP contribution in [0.3, 0.4) is 0 Å². The zero-order valence-electron chi connectivity index (χ0n) is 11.7. The average Bonchev–Trinajstić information content (AvgIpc) is 2.96. The number of imidazole rings is 1. The van der Waals surface area contributed by atoms with E-state index in [9.17, 15) is 14.9 Å². The highest BCUT2D eigenvalue weighted by Gasteiger charge is 2.13. The van der Waals surface area contributed by atoms with Gasteiger partial charge < -0.3 is 9.97 Å². The van der Waals surface area contributed by atoms with Gasteiger partial charge in [0.2, 0.25) is 0 Å². The van der Waals surface area contributed by atoms with Gasteiger partial charge in [-0.3, -0.25) is 14.9 Å². The number of aromatic nitrogens is 3. The third-order valence-corrected chi connectivity index (χ3v) is 3.68. The van der Waals surface area contributed by atoms with Crippen LogP contribution in [0.5, 0.6) is 0 Å². The second-order valence-electron chi connectivity index (χ2n) is 5.14. The standard InChI is InChI=1S/C16H10N4O3/c21-16-11(7-9-3-1-2-4-12(9)19-16)15-17-13-6-5-10(20(22)23)8-14(13)18-15/h1-8H,(H,17,18)(H,19,21). The van der Waals surface area contributed by atoms with Crippen LogP contribution in [0.1, 0.15) is 0 Å². The number of aromatic amines is 2. The molecule has 2 aromatic heterocycles. The molecule has 0 aliphatic heterocycles. The number of nitrogens with zero attached hydrogens (tertiary/aromatic N) is 2. The molecule has 0 fully saturated rings. The Hall–Kier alpha value is -3.48. The molecular weight excluding hydrogens is 296 g/mol. The number of H-pyrrole nitrogens is 2. The fraction of sp³-hybridized carbons (Fsp3) is 0. The lowest BCUT2D eigenvalue weighted by atomic mass is 10.1. The molecule has 4 aromatic rings. The van der Waals surface area contributed by atoms with Gasteiger partial charge in [-0.2, -0.15) is 0 Å². The Bertz CT molecular complexity index is 1130. The second-order valence-corrected chi connectivity index (χ2v) is 5.14. The normalized spacial score (nSPS) is 11.1. The van der Waals surface area contributed by atoms with Crippen LogP contribution in [0.25, 0.3) is 33.3 Å². The minimum atomic E-state index is -0.469. The van der Waals surface area contributed by atoms with E-state index in [1.807, 2.05) is 24.3 Å². The Labute approximate surface area is 128 Å². The number of nitro groups is 1. The van der Waals surface area contributed by atoms with Crippen LogP contribution in [0.2, 0.25) is 0 Å². The lowest BCUT2D eigenvalue weighted by molar-refractivity contribution is -0.384. The first-order chi connectivity index (χ1) is 11.1. The molecule has 23 heavy (non-hydrogen) atoms. The summed E-state index contributed by atoms with van der Waals surface area (Å²) in [6.45, 7) is 0. The van der Waals surface area contributed by atoms with Crippen molar-refractivity contribution in [2.75, 3.05) is 0 Å².